The first kappa shape index (κ1) is 20.3. The van der Waals surface area contributed by atoms with Gasteiger partial charge >= 0.3 is 5.97 Å². The lowest BCUT2D eigenvalue weighted by Crippen LogP contribution is -2.35. The number of rotatable bonds is 5. The summed E-state index contributed by atoms with van der Waals surface area (Å²) < 4.78 is 32.0. The van der Waals surface area contributed by atoms with Crippen molar-refractivity contribution in [1.82, 2.24) is 14.5 Å². The van der Waals surface area contributed by atoms with Crippen LogP contribution in [-0.4, -0.2) is 38.7 Å². The number of carboxylic acid groups (broad SMARTS) is 1. The van der Waals surface area contributed by atoms with Gasteiger partial charge in [-0.3, -0.25) is 4.79 Å². The summed E-state index contributed by atoms with van der Waals surface area (Å²) in [6, 6.07) is 4.69. The third kappa shape index (κ3) is 3.74. The zero-order valence-corrected chi connectivity index (χ0v) is 17.0. The van der Waals surface area contributed by atoms with E-state index in [1.54, 1.807) is 4.90 Å². The average Bonchev–Trinajstić information content (AvgIpc) is 3.13. The van der Waals surface area contributed by atoms with Crippen molar-refractivity contribution in [1.29, 1.82) is 0 Å². The summed E-state index contributed by atoms with van der Waals surface area (Å²) in [6.07, 6.45) is 4.60. The number of halogens is 2. The number of carboxylic acids is 1. The van der Waals surface area contributed by atoms with Crippen molar-refractivity contribution in [3.63, 3.8) is 0 Å². The molecule has 30 heavy (non-hydrogen) atoms. The van der Waals surface area contributed by atoms with Crippen LogP contribution in [-0.2, 0) is 4.79 Å². The lowest BCUT2D eigenvalue weighted by atomic mass is 9.93. The maximum absolute atomic E-state index is 15.0. The largest absolute Gasteiger partial charge is 0.481 e. The van der Waals surface area contributed by atoms with Crippen molar-refractivity contribution in [2.45, 2.75) is 39.2 Å². The lowest BCUT2D eigenvalue weighted by molar-refractivity contribution is -0.138. The highest BCUT2D eigenvalue weighted by atomic mass is 19.1. The summed E-state index contributed by atoms with van der Waals surface area (Å²) in [4.78, 5) is 21.2. The van der Waals surface area contributed by atoms with E-state index in [2.05, 4.69) is 9.97 Å². The number of anilines is 1. The molecule has 0 amide bonds. The SMILES string of the molecule is CC(C)n1ccc2c(-c3cc(F)c(N4CCC(CC(=O)O)CC4)c(F)c3)ncnc21. The summed E-state index contributed by atoms with van der Waals surface area (Å²) in [5, 5.41) is 9.68. The van der Waals surface area contributed by atoms with E-state index in [9.17, 15) is 13.6 Å². The van der Waals surface area contributed by atoms with Crippen LogP contribution in [0.2, 0.25) is 0 Å². The van der Waals surface area contributed by atoms with Gasteiger partial charge in [-0.15, -0.1) is 0 Å². The number of aromatic nitrogens is 3. The number of hydrogen-bond acceptors (Lipinski definition) is 4. The summed E-state index contributed by atoms with van der Waals surface area (Å²) >= 11 is 0. The van der Waals surface area contributed by atoms with Crippen LogP contribution in [0.5, 0.6) is 0 Å². The van der Waals surface area contributed by atoms with Gasteiger partial charge in [-0.2, -0.15) is 0 Å². The lowest BCUT2D eigenvalue weighted by Gasteiger charge is -2.33. The molecule has 0 aliphatic carbocycles. The number of piperidine rings is 1. The van der Waals surface area contributed by atoms with Gasteiger partial charge in [0.1, 0.15) is 29.3 Å². The van der Waals surface area contributed by atoms with E-state index < -0.39 is 17.6 Å². The zero-order valence-electron chi connectivity index (χ0n) is 17.0. The Labute approximate surface area is 173 Å². The molecular formula is C22H24F2N4O2. The molecule has 0 spiro atoms. The monoisotopic (exact) mass is 414 g/mol. The quantitative estimate of drug-likeness (QED) is 0.658. The molecule has 3 heterocycles. The van der Waals surface area contributed by atoms with Crippen molar-refractivity contribution in [2.24, 2.45) is 5.92 Å². The number of carbonyl (C=O) groups is 1. The van der Waals surface area contributed by atoms with Gasteiger partial charge in [-0.05, 0) is 50.8 Å². The fraction of sp³-hybridized carbons (Fsp3) is 0.409. The molecule has 0 saturated carbocycles. The van der Waals surface area contributed by atoms with Crippen LogP contribution in [0.15, 0.2) is 30.7 Å². The van der Waals surface area contributed by atoms with Gasteiger partial charge in [0.25, 0.3) is 0 Å². The van der Waals surface area contributed by atoms with Crippen LogP contribution in [0.4, 0.5) is 14.5 Å². The first-order valence-corrected chi connectivity index (χ1v) is 10.1. The second kappa shape index (κ2) is 8.01. The normalized spacial score (nSPS) is 15.3. The molecule has 158 valence electrons. The van der Waals surface area contributed by atoms with Crippen LogP contribution in [0.3, 0.4) is 0 Å². The Morgan fingerprint density at radius 1 is 1.20 bits per heavy atom. The molecule has 0 unspecified atom stereocenters. The van der Waals surface area contributed by atoms with Gasteiger partial charge in [-0.1, -0.05) is 0 Å². The molecule has 2 aromatic heterocycles. The van der Waals surface area contributed by atoms with E-state index in [1.165, 1.54) is 18.5 Å². The highest BCUT2D eigenvalue weighted by Gasteiger charge is 2.26. The molecule has 1 aromatic carbocycles. The highest BCUT2D eigenvalue weighted by molar-refractivity contribution is 5.91. The fourth-order valence-electron chi connectivity index (χ4n) is 4.23. The van der Waals surface area contributed by atoms with Crippen LogP contribution >= 0.6 is 0 Å². The second-order valence-corrected chi connectivity index (χ2v) is 8.09. The molecule has 1 fully saturated rings. The van der Waals surface area contributed by atoms with Crippen molar-refractivity contribution >= 4 is 22.7 Å². The Bertz CT molecular complexity index is 1060. The van der Waals surface area contributed by atoms with Gasteiger partial charge in [-0.25, -0.2) is 18.7 Å². The maximum atomic E-state index is 15.0. The number of nitrogens with zero attached hydrogens (tertiary/aromatic N) is 4. The van der Waals surface area contributed by atoms with E-state index in [1.807, 2.05) is 30.7 Å². The Kier molecular flexibility index (Phi) is 5.40. The van der Waals surface area contributed by atoms with E-state index in [0.717, 1.165) is 11.0 Å². The first-order chi connectivity index (χ1) is 14.3. The molecule has 8 heteroatoms. The summed E-state index contributed by atoms with van der Waals surface area (Å²) in [7, 11) is 0. The Balaban J connectivity index is 1.64. The van der Waals surface area contributed by atoms with Gasteiger partial charge in [0.15, 0.2) is 0 Å². The molecule has 1 N–H and O–H groups in total. The standard InChI is InChI=1S/C22H24F2N4O2/c1-13(2)28-8-5-16-20(25-12-26-22(16)28)15-10-17(23)21(18(24)11-15)27-6-3-14(4-7-27)9-19(29)30/h5,8,10-14H,3-4,6-7,9H2,1-2H3,(H,29,30). The molecule has 3 aromatic rings. The van der Waals surface area contributed by atoms with Crippen molar-refractivity contribution in [3.05, 3.63) is 42.4 Å². The Hall–Kier alpha value is -3.03. The molecule has 6 nitrogen and oxygen atoms in total. The second-order valence-electron chi connectivity index (χ2n) is 8.09. The molecular weight excluding hydrogens is 390 g/mol. The van der Waals surface area contributed by atoms with E-state index >= 15 is 0 Å². The molecule has 1 saturated heterocycles. The predicted molar refractivity (Wildman–Crippen MR) is 110 cm³/mol. The molecule has 4 rings (SSSR count). The van der Waals surface area contributed by atoms with Gasteiger partial charge in [0.05, 0.1) is 5.69 Å². The summed E-state index contributed by atoms with van der Waals surface area (Å²) in [5.74, 6) is -2.07. The van der Waals surface area contributed by atoms with Gasteiger partial charge in [0.2, 0.25) is 0 Å². The topological polar surface area (TPSA) is 71.2 Å². The van der Waals surface area contributed by atoms with E-state index in [0.29, 0.717) is 37.2 Å². The zero-order chi connectivity index (χ0) is 21.4. The number of aliphatic carboxylic acids is 1. The molecule has 0 radical (unpaired) electrons. The Morgan fingerprint density at radius 2 is 1.87 bits per heavy atom. The average molecular weight is 414 g/mol. The number of hydrogen-bond donors (Lipinski definition) is 1. The number of benzene rings is 1. The molecule has 0 atom stereocenters. The molecule has 0 bridgehead atoms. The minimum Gasteiger partial charge on any atom is -0.481 e. The molecule has 1 aliphatic rings. The van der Waals surface area contributed by atoms with Gasteiger partial charge in [0, 0.05) is 42.7 Å². The van der Waals surface area contributed by atoms with Crippen LogP contribution < -0.4 is 4.90 Å². The molecule has 1 aliphatic heterocycles. The summed E-state index contributed by atoms with van der Waals surface area (Å²) in [5.41, 5.74) is 1.52. The third-order valence-corrected chi connectivity index (χ3v) is 5.75. The minimum atomic E-state index is -0.836. The maximum Gasteiger partial charge on any atom is 0.303 e. The predicted octanol–water partition coefficient (Wildman–Crippen LogP) is 4.65. The number of fused-ring (bicyclic) bond motifs is 1. The third-order valence-electron chi connectivity index (χ3n) is 5.75. The summed E-state index contributed by atoms with van der Waals surface area (Å²) in [6.45, 7) is 4.93. The smallest absolute Gasteiger partial charge is 0.303 e. The van der Waals surface area contributed by atoms with Crippen LogP contribution in [0.1, 0.15) is 39.2 Å². The van der Waals surface area contributed by atoms with Crippen LogP contribution in [0, 0.1) is 17.6 Å². The van der Waals surface area contributed by atoms with E-state index in [4.69, 9.17) is 5.11 Å². The fourth-order valence-corrected chi connectivity index (χ4v) is 4.23. The van der Waals surface area contributed by atoms with Gasteiger partial charge < -0.3 is 14.6 Å². The van der Waals surface area contributed by atoms with E-state index in [-0.39, 0.29) is 24.1 Å². The minimum absolute atomic E-state index is 0.0449. The first-order valence-electron chi connectivity index (χ1n) is 10.1. The highest BCUT2D eigenvalue weighted by Crippen LogP contribution is 2.34. The van der Waals surface area contributed by atoms with Crippen LogP contribution in [0.25, 0.3) is 22.3 Å². The van der Waals surface area contributed by atoms with Crippen molar-refractivity contribution in [3.8, 4) is 11.3 Å². The van der Waals surface area contributed by atoms with Crippen molar-refractivity contribution in [2.75, 3.05) is 18.0 Å². The van der Waals surface area contributed by atoms with Crippen molar-refractivity contribution < 1.29 is 18.7 Å². The Morgan fingerprint density at radius 3 is 2.47 bits per heavy atom.